The molecule has 4 heteroatoms. The van der Waals surface area contributed by atoms with Gasteiger partial charge in [0.1, 0.15) is 5.69 Å². The molecule has 4 aromatic rings. The summed E-state index contributed by atoms with van der Waals surface area (Å²) < 4.78 is 1.87. The predicted molar refractivity (Wildman–Crippen MR) is 104 cm³/mol. The molecule has 0 saturated heterocycles. The zero-order valence-electron chi connectivity index (χ0n) is 14.1. The number of carbonyl (C=O) groups is 1. The number of hydrogen-bond acceptors (Lipinski definition) is 2. The second kappa shape index (κ2) is 6.41. The summed E-state index contributed by atoms with van der Waals surface area (Å²) in [5.74, 6) is -0.935. The van der Waals surface area contributed by atoms with Gasteiger partial charge in [0.15, 0.2) is 0 Å². The van der Waals surface area contributed by atoms with Crippen molar-refractivity contribution in [2.75, 3.05) is 5.73 Å². The highest BCUT2D eigenvalue weighted by Gasteiger charge is 2.23. The Kier molecular flexibility index (Phi) is 3.93. The summed E-state index contributed by atoms with van der Waals surface area (Å²) in [6.45, 7) is 0.468. The van der Waals surface area contributed by atoms with E-state index in [1.54, 1.807) is 0 Å². The number of para-hydroxylation sites is 1. The molecule has 0 bridgehead atoms. The molecule has 4 nitrogen and oxygen atoms in total. The molecular weight excluding hydrogens is 324 g/mol. The Morgan fingerprint density at radius 2 is 1.54 bits per heavy atom. The van der Waals surface area contributed by atoms with Crippen LogP contribution in [0.2, 0.25) is 0 Å². The summed E-state index contributed by atoms with van der Waals surface area (Å²) in [7, 11) is 0. The molecule has 4 rings (SSSR count). The SMILES string of the molecule is Nc1ccc(Cn2c(C(=O)O)c(-c3ccccc3)c3ccccc32)cc1. The predicted octanol–water partition coefficient (Wildman–Crippen LogP) is 4.64. The molecule has 0 radical (unpaired) electrons. The third-order valence-corrected chi connectivity index (χ3v) is 4.56. The Hall–Kier alpha value is -3.53. The van der Waals surface area contributed by atoms with E-state index in [4.69, 9.17) is 5.73 Å². The quantitative estimate of drug-likeness (QED) is 0.531. The molecule has 0 amide bonds. The van der Waals surface area contributed by atoms with Crippen molar-refractivity contribution in [2.24, 2.45) is 0 Å². The van der Waals surface area contributed by atoms with Gasteiger partial charge in [0.05, 0.1) is 0 Å². The van der Waals surface area contributed by atoms with Crippen molar-refractivity contribution >= 4 is 22.6 Å². The number of fused-ring (bicyclic) bond motifs is 1. The molecule has 0 saturated carbocycles. The highest BCUT2D eigenvalue weighted by atomic mass is 16.4. The lowest BCUT2D eigenvalue weighted by Gasteiger charge is -2.10. The van der Waals surface area contributed by atoms with Gasteiger partial charge in [0, 0.05) is 28.7 Å². The number of aromatic carboxylic acids is 1. The van der Waals surface area contributed by atoms with Gasteiger partial charge in [-0.15, -0.1) is 0 Å². The van der Waals surface area contributed by atoms with Gasteiger partial charge in [-0.1, -0.05) is 60.7 Å². The zero-order valence-corrected chi connectivity index (χ0v) is 14.1. The van der Waals surface area contributed by atoms with Crippen LogP contribution in [0.25, 0.3) is 22.0 Å². The van der Waals surface area contributed by atoms with Crippen LogP contribution in [0, 0.1) is 0 Å². The molecule has 26 heavy (non-hydrogen) atoms. The molecule has 1 aromatic heterocycles. The molecule has 0 unspecified atom stereocenters. The second-order valence-corrected chi connectivity index (χ2v) is 6.24. The van der Waals surface area contributed by atoms with Gasteiger partial charge in [-0.3, -0.25) is 0 Å². The third kappa shape index (κ3) is 2.71. The third-order valence-electron chi connectivity index (χ3n) is 4.56. The second-order valence-electron chi connectivity index (χ2n) is 6.24. The minimum absolute atomic E-state index is 0.300. The maximum absolute atomic E-state index is 12.2. The van der Waals surface area contributed by atoms with E-state index < -0.39 is 5.97 Å². The molecule has 3 N–H and O–H groups in total. The number of benzene rings is 3. The van der Waals surface area contributed by atoms with Crippen molar-refractivity contribution in [3.8, 4) is 11.1 Å². The number of nitrogens with two attached hydrogens (primary N) is 1. The van der Waals surface area contributed by atoms with E-state index in [-0.39, 0.29) is 0 Å². The van der Waals surface area contributed by atoms with Crippen LogP contribution in [0.1, 0.15) is 16.1 Å². The minimum Gasteiger partial charge on any atom is -0.477 e. The molecule has 0 spiro atoms. The van der Waals surface area contributed by atoms with E-state index >= 15 is 0 Å². The fraction of sp³-hybridized carbons (Fsp3) is 0.0455. The van der Waals surface area contributed by atoms with Gasteiger partial charge in [-0.05, 0) is 29.3 Å². The maximum Gasteiger partial charge on any atom is 0.353 e. The number of anilines is 1. The van der Waals surface area contributed by atoms with Crippen molar-refractivity contribution in [1.82, 2.24) is 4.57 Å². The van der Waals surface area contributed by atoms with Gasteiger partial charge >= 0.3 is 5.97 Å². The van der Waals surface area contributed by atoms with Crippen molar-refractivity contribution in [1.29, 1.82) is 0 Å². The van der Waals surface area contributed by atoms with Gasteiger partial charge in [-0.2, -0.15) is 0 Å². The molecule has 3 aromatic carbocycles. The van der Waals surface area contributed by atoms with Gasteiger partial charge in [-0.25, -0.2) is 4.79 Å². The summed E-state index contributed by atoms with van der Waals surface area (Å²) in [5.41, 5.74) is 10.3. The molecule has 0 aliphatic heterocycles. The van der Waals surface area contributed by atoms with E-state index in [0.717, 1.165) is 27.6 Å². The Bertz CT molecular complexity index is 1080. The molecule has 1 heterocycles. The van der Waals surface area contributed by atoms with Crippen LogP contribution in [-0.4, -0.2) is 15.6 Å². The van der Waals surface area contributed by atoms with Gasteiger partial charge < -0.3 is 15.4 Å². The first-order chi connectivity index (χ1) is 12.6. The minimum atomic E-state index is -0.935. The first-order valence-corrected chi connectivity index (χ1v) is 8.39. The fourth-order valence-electron chi connectivity index (χ4n) is 3.39. The van der Waals surface area contributed by atoms with Gasteiger partial charge in [0.2, 0.25) is 0 Å². The monoisotopic (exact) mass is 342 g/mol. The molecule has 0 aliphatic rings. The van der Waals surface area contributed by atoms with Crippen LogP contribution in [-0.2, 0) is 6.54 Å². The molecule has 0 atom stereocenters. The van der Waals surface area contributed by atoms with Crippen LogP contribution in [0.15, 0.2) is 78.9 Å². The number of hydrogen-bond donors (Lipinski definition) is 2. The number of carboxylic acids is 1. The largest absolute Gasteiger partial charge is 0.477 e. The topological polar surface area (TPSA) is 68.2 Å². The standard InChI is InChI=1S/C22H18N2O2/c23-17-12-10-15(11-13-17)14-24-19-9-5-4-8-18(19)20(21(24)22(25)26)16-6-2-1-3-7-16/h1-13H,14,23H2,(H,25,26). The summed E-state index contributed by atoms with van der Waals surface area (Å²) in [6, 6.07) is 25.0. The summed E-state index contributed by atoms with van der Waals surface area (Å²) in [6.07, 6.45) is 0. The average molecular weight is 342 g/mol. The highest BCUT2D eigenvalue weighted by Crippen LogP contribution is 2.35. The first-order valence-electron chi connectivity index (χ1n) is 8.39. The lowest BCUT2D eigenvalue weighted by atomic mass is 10.0. The number of carboxylic acid groups (broad SMARTS) is 1. The maximum atomic E-state index is 12.2. The number of nitrogen functional groups attached to an aromatic ring is 1. The number of aromatic nitrogens is 1. The molecule has 128 valence electrons. The molecule has 0 fully saturated rings. The lowest BCUT2D eigenvalue weighted by molar-refractivity contribution is 0.0687. The summed E-state index contributed by atoms with van der Waals surface area (Å²) >= 11 is 0. The van der Waals surface area contributed by atoms with Crippen LogP contribution >= 0.6 is 0 Å². The van der Waals surface area contributed by atoms with Crippen molar-refractivity contribution < 1.29 is 9.90 Å². The Morgan fingerprint density at radius 1 is 0.885 bits per heavy atom. The fourth-order valence-corrected chi connectivity index (χ4v) is 3.39. The Morgan fingerprint density at radius 3 is 2.23 bits per heavy atom. The van der Waals surface area contributed by atoms with Crippen molar-refractivity contribution in [2.45, 2.75) is 6.54 Å². The molecular formula is C22H18N2O2. The Labute approximate surface area is 151 Å². The number of nitrogens with zero attached hydrogens (tertiary/aromatic N) is 1. The van der Waals surface area contributed by atoms with Crippen LogP contribution in [0.5, 0.6) is 0 Å². The Balaban J connectivity index is 1.99. The van der Waals surface area contributed by atoms with Crippen molar-refractivity contribution in [3.05, 3.63) is 90.1 Å². The van der Waals surface area contributed by atoms with E-state index in [1.165, 1.54) is 0 Å². The first kappa shape index (κ1) is 16.0. The highest BCUT2D eigenvalue weighted by molar-refractivity contribution is 6.08. The lowest BCUT2D eigenvalue weighted by Crippen LogP contribution is -2.10. The average Bonchev–Trinajstić information content (AvgIpc) is 2.99. The summed E-state index contributed by atoms with van der Waals surface area (Å²) in [5, 5.41) is 10.9. The smallest absolute Gasteiger partial charge is 0.353 e. The van der Waals surface area contributed by atoms with E-state index in [0.29, 0.717) is 17.9 Å². The van der Waals surface area contributed by atoms with E-state index in [1.807, 2.05) is 83.4 Å². The zero-order chi connectivity index (χ0) is 18.1. The van der Waals surface area contributed by atoms with Gasteiger partial charge in [0.25, 0.3) is 0 Å². The van der Waals surface area contributed by atoms with E-state index in [2.05, 4.69) is 0 Å². The molecule has 0 aliphatic carbocycles. The summed E-state index contributed by atoms with van der Waals surface area (Å²) in [4.78, 5) is 12.2. The van der Waals surface area contributed by atoms with E-state index in [9.17, 15) is 9.90 Å². The van der Waals surface area contributed by atoms with Crippen LogP contribution in [0.3, 0.4) is 0 Å². The van der Waals surface area contributed by atoms with Crippen LogP contribution < -0.4 is 5.73 Å². The number of rotatable bonds is 4. The normalized spacial score (nSPS) is 10.9. The van der Waals surface area contributed by atoms with Crippen molar-refractivity contribution in [3.63, 3.8) is 0 Å². The van der Waals surface area contributed by atoms with Crippen LogP contribution in [0.4, 0.5) is 5.69 Å².